The van der Waals surface area contributed by atoms with Crippen LogP contribution in [0.5, 0.6) is 11.5 Å². The number of non-ortho nitro benzene ring substituents is 1. The summed E-state index contributed by atoms with van der Waals surface area (Å²) in [6.45, 7) is 0. The van der Waals surface area contributed by atoms with E-state index < -0.39 is 14.8 Å². The molecule has 0 aromatic heterocycles. The minimum absolute atomic E-state index is 0.0309. The van der Waals surface area contributed by atoms with Crippen LogP contribution in [0.1, 0.15) is 0 Å². The van der Waals surface area contributed by atoms with Gasteiger partial charge in [0.05, 0.1) is 14.7 Å². The second kappa shape index (κ2) is 6.74. The molecule has 0 saturated carbocycles. The van der Waals surface area contributed by atoms with E-state index in [1.165, 1.54) is 60.7 Å². The summed E-state index contributed by atoms with van der Waals surface area (Å²) in [5, 5.41) is 10.6. The molecule has 0 aliphatic heterocycles. The Hall–Kier alpha value is -3.19. The molecule has 3 aromatic rings. The fourth-order valence-corrected chi connectivity index (χ4v) is 3.48. The highest BCUT2D eigenvalue weighted by atomic mass is 32.2. The van der Waals surface area contributed by atoms with Gasteiger partial charge in [-0.25, -0.2) is 8.42 Å². The van der Waals surface area contributed by atoms with Crippen molar-refractivity contribution in [2.24, 2.45) is 0 Å². The Labute approximate surface area is 144 Å². The van der Waals surface area contributed by atoms with Crippen molar-refractivity contribution in [3.8, 4) is 11.5 Å². The van der Waals surface area contributed by atoms with Gasteiger partial charge in [-0.05, 0) is 48.5 Å². The first kappa shape index (κ1) is 16.7. The molecule has 126 valence electrons. The maximum absolute atomic E-state index is 12.5. The zero-order chi connectivity index (χ0) is 17.9. The van der Waals surface area contributed by atoms with E-state index in [1.54, 1.807) is 18.2 Å². The molecule has 0 spiro atoms. The van der Waals surface area contributed by atoms with E-state index in [-0.39, 0.29) is 15.5 Å². The van der Waals surface area contributed by atoms with E-state index in [2.05, 4.69) is 0 Å². The number of hydrogen-bond acceptors (Lipinski definition) is 5. The third kappa shape index (κ3) is 3.67. The molecule has 0 heterocycles. The van der Waals surface area contributed by atoms with E-state index in [1.807, 2.05) is 0 Å². The molecule has 0 aliphatic rings. The largest absolute Gasteiger partial charge is 0.457 e. The average Bonchev–Trinajstić information content (AvgIpc) is 2.63. The van der Waals surface area contributed by atoms with Crippen molar-refractivity contribution in [2.75, 3.05) is 0 Å². The van der Waals surface area contributed by atoms with Gasteiger partial charge in [0, 0.05) is 12.1 Å². The SMILES string of the molecule is O=[N+]([O-])c1ccc(Oc2ccc(S(=O)(=O)c3ccccc3)cc2)cc1. The molecule has 6 nitrogen and oxygen atoms in total. The van der Waals surface area contributed by atoms with Crippen molar-refractivity contribution in [1.29, 1.82) is 0 Å². The van der Waals surface area contributed by atoms with Gasteiger partial charge in [0.25, 0.3) is 5.69 Å². The predicted molar refractivity (Wildman–Crippen MR) is 91.5 cm³/mol. The van der Waals surface area contributed by atoms with Crippen molar-refractivity contribution >= 4 is 15.5 Å². The number of nitro benzene ring substituents is 1. The van der Waals surface area contributed by atoms with Crippen LogP contribution in [0.3, 0.4) is 0 Å². The quantitative estimate of drug-likeness (QED) is 0.505. The lowest BCUT2D eigenvalue weighted by molar-refractivity contribution is -0.384. The molecule has 0 saturated heterocycles. The molecule has 0 bridgehead atoms. The molecule has 0 fully saturated rings. The second-order valence-corrected chi connectivity index (χ2v) is 7.09. The third-order valence-corrected chi connectivity index (χ3v) is 5.26. The van der Waals surface area contributed by atoms with Gasteiger partial charge in [-0.1, -0.05) is 18.2 Å². The molecule has 3 rings (SSSR count). The highest BCUT2D eigenvalue weighted by molar-refractivity contribution is 7.91. The molecular weight excluding hydrogens is 342 g/mol. The van der Waals surface area contributed by atoms with Crippen molar-refractivity contribution < 1.29 is 18.1 Å². The van der Waals surface area contributed by atoms with E-state index in [9.17, 15) is 18.5 Å². The van der Waals surface area contributed by atoms with E-state index in [0.29, 0.717) is 11.5 Å². The van der Waals surface area contributed by atoms with Gasteiger partial charge in [-0.2, -0.15) is 0 Å². The van der Waals surface area contributed by atoms with Crippen LogP contribution < -0.4 is 4.74 Å². The first-order valence-electron chi connectivity index (χ1n) is 7.29. The van der Waals surface area contributed by atoms with Crippen molar-refractivity contribution in [3.05, 3.63) is 89.0 Å². The second-order valence-electron chi connectivity index (χ2n) is 5.14. The number of nitrogens with zero attached hydrogens (tertiary/aromatic N) is 1. The van der Waals surface area contributed by atoms with E-state index in [4.69, 9.17) is 4.74 Å². The van der Waals surface area contributed by atoms with Crippen molar-refractivity contribution in [2.45, 2.75) is 9.79 Å². The van der Waals surface area contributed by atoms with Gasteiger partial charge in [-0.15, -0.1) is 0 Å². The van der Waals surface area contributed by atoms with Crippen LogP contribution in [0.2, 0.25) is 0 Å². The molecule has 0 radical (unpaired) electrons. The molecule has 0 atom stereocenters. The average molecular weight is 355 g/mol. The summed E-state index contributed by atoms with van der Waals surface area (Å²) in [4.78, 5) is 10.5. The first-order chi connectivity index (χ1) is 12.0. The summed E-state index contributed by atoms with van der Waals surface area (Å²) >= 11 is 0. The highest BCUT2D eigenvalue weighted by Crippen LogP contribution is 2.27. The maximum Gasteiger partial charge on any atom is 0.269 e. The van der Waals surface area contributed by atoms with Gasteiger partial charge in [0.1, 0.15) is 11.5 Å². The number of benzene rings is 3. The molecule has 0 unspecified atom stereocenters. The Kier molecular flexibility index (Phi) is 4.49. The molecule has 7 heteroatoms. The number of rotatable bonds is 5. The minimum Gasteiger partial charge on any atom is -0.457 e. The van der Waals surface area contributed by atoms with Gasteiger partial charge >= 0.3 is 0 Å². The van der Waals surface area contributed by atoms with E-state index >= 15 is 0 Å². The van der Waals surface area contributed by atoms with Crippen LogP contribution in [-0.2, 0) is 9.84 Å². The standard InChI is InChI=1S/C18H13NO5S/c20-19(21)14-6-8-15(9-7-14)24-16-10-12-18(13-11-16)25(22,23)17-4-2-1-3-5-17/h1-13H. The zero-order valence-corrected chi connectivity index (χ0v) is 13.7. The molecule has 0 aliphatic carbocycles. The molecule has 25 heavy (non-hydrogen) atoms. The van der Waals surface area contributed by atoms with Crippen LogP contribution in [0.4, 0.5) is 5.69 Å². The highest BCUT2D eigenvalue weighted by Gasteiger charge is 2.17. The molecule has 0 amide bonds. The summed E-state index contributed by atoms with van der Waals surface area (Å²) < 4.78 is 30.6. The first-order valence-corrected chi connectivity index (χ1v) is 8.78. The van der Waals surface area contributed by atoms with Gasteiger partial charge in [-0.3, -0.25) is 10.1 Å². The van der Waals surface area contributed by atoms with Crippen LogP contribution in [0.15, 0.2) is 88.7 Å². The van der Waals surface area contributed by atoms with Crippen molar-refractivity contribution in [3.63, 3.8) is 0 Å². The lowest BCUT2D eigenvalue weighted by Crippen LogP contribution is -2.01. The Morgan fingerprint density at radius 1 is 0.720 bits per heavy atom. The maximum atomic E-state index is 12.5. The number of ether oxygens (including phenoxy) is 1. The Bertz CT molecular complexity index is 982. The predicted octanol–water partition coefficient (Wildman–Crippen LogP) is 4.22. The lowest BCUT2D eigenvalue weighted by atomic mass is 10.3. The summed E-state index contributed by atoms with van der Waals surface area (Å²) in [5.41, 5.74) is -0.0309. The summed E-state index contributed by atoms with van der Waals surface area (Å²) in [6, 6.07) is 19.8. The zero-order valence-electron chi connectivity index (χ0n) is 12.9. The topological polar surface area (TPSA) is 86.5 Å². The minimum atomic E-state index is -3.57. The molecular formula is C18H13NO5S. The van der Waals surface area contributed by atoms with Gasteiger partial charge < -0.3 is 4.74 Å². The molecule has 0 N–H and O–H groups in total. The van der Waals surface area contributed by atoms with Crippen molar-refractivity contribution in [1.82, 2.24) is 0 Å². The fraction of sp³-hybridized carbons (Fsp3) is 0. The number of hydrogen-bond donors (Lipinski definition) is 0. The van der Waals surface area contributed by atoms with Crippen LogP contribution in [0, 0.1) is 10.1 Å². The smallest absolute Gasteiger partial charge is 0.269 e. The summed E-state index contributed by atoms with van der Waals surface area (Å²) in [6.07, 6.45) is 0. The van der Waals surface area contributed by atoms with Crippen LogP contribution in [0.25, 0.3) is 0 Å². The Morgan fingerprint density at radius 2 is 1.20 bits per heavy atom. The summed E-state index contributed by atoms with van der Waals surface area (Å²) in [5.74, 6) is 0.852. The number of nitro groups is 1. The Balaban J connectivity index is 1.79. The van der Waals surface area contributed by atoms with Gasteiger partial charge in [0.2, 0.25) is 9.84 Å². The van der Waals surface area contributed by atoms with Crippen LogP contribution in [-0.4, -0.2) is 13.3 Å². The van der Waals surface area contributed by atoms with Gasteiger partial charge in [0.15, 0.2) is 0 Å². The molecule has 3 aromatic carbocycles. The van der Waals surface area contributed by atoms with E-state index in [0.717, 1.165) is 0 Å². The van der Waals surface area contributed by atoms with Crippen LogP contribution >= 0.6 is 0 Å². The fourth-order valence-electron chi connectivity index (χ4n) is 2.19. The Morgan fingerprint density at radius 3 is 1.72 bits per heavy atom. The monoisotopic (exact) mass is 355 g/mol. The number of sulfone groups is 1. The summed E-state index contributed by atoms with van der Waals surface area (Å²) in [7, 11) is -3.57. The normalized spacial score (nSPS) is 11.0. The lowest BCUT2D eigenvalue weighted by Gasteiger charge is -2.08. The third-order valence-electron chi connectivity index (χ3n) is 3.47.